The number of phosphoric acid groups is 2. The Labute approximate surface area is 82.8 Å². The van der Waals surface area contributed by atoms with Crippen molar-refractivity contribution in [2.75, 3.05) is 0 Å². The van der Waals surface area contributed by atoms with E-state index < -0.39 is 15.6 Å². The minimum Gasteiger partial charge on any atom is -0.790 e. The van der Waals surface area contributed by atoms with E-state index in [1.807, 2.05) is 0 Å². The first-order valence-electron chi connectivity index (χ1n) is 1.46. The third-order valence-electron chi connectivity index (χ3n) is 0.200. The van der Waals surface area contributed by atoms with Gasteiger partial charge in [-0.3, -0.25) is 0 Å². The molecule has 0 amide bonds. The molecule has 0 rings (SSSR count). The van der Waals surface area contributed by atoms with Crippen molar-refractivity contribution in [3.63, 3.8) is 0 Å². The summed E-state index contributed by atoms with van der Waals surface area (Å²) in [6.45, 7) is 0. The van der Waals surface area contributed by atoms with Crippen LogP contribution in [0.15, 0.2) is 0 Å². The van der Waals surface area contributed by atoms with Crippen LogP contribution in [0.4, 0.5) is 0 Å². The van der Waals surface area contributed by atoms with Gasteiger partial charge in [-0.1, -0.05) is 0 Å². The van der Waals surface area contributed by atoms with Gasteiger partial charge in [0.2, 0.25) is 0 Å². The molecule has 0 aliphatic heterocycles. The first-order chi connectivity index (χ1) is 3.71. The van der Waals surface area contributed by atoms with Crippen LogP contribution in [0.5, 0.6) is 0 Å². The molecule has 0 heterocycles. The van der Waals surface area contributed by atoms with E-state index in [2.05, 4.69) is 4.31 Å². The fourth-order valence-electron chi connectivity index (χ4n) is 0.122. The van der Waals surface area contributed by atoms with Crippen LogP contribution in [0.2, 0.25) is 0 Å². The second-order valence-electron chi connectivity index (χ2n) is 0.976. The Hall–Kier alpha value is 0.659. The van der Waals surface area contributed by atoms with Crippen LogP contribution < -0.4 is 19.6 Å². The van der Waals surface area contributed by atoms with Crippen molar-refractivity contribution in [2.45, 2.75) is 0 Å². The Morgan fingerprint density at radius 2 is 0.923 bits per heavy atom. The van der Waals surface area contributed by atoms with Crippen molar-refractivity contribution in [2.24, 2.45) is 0 Å². The van der Waals surface area contributed by atoms with Gasteiger partial charge in [-0.05, 0) is 0 Å². The van der Waals surface area contributed by atoms with Crippen LogP contribution in [-0.2, 0) is 30.5 Å². The minimum atomic E-state index is -5.68. The molecule has 10 nitrogen and oxygen atoms in total. The van der Waals surface area contributed by atoms with E-state index in [0.717, 1.165) is 0 Å². The van der Waals surface area contributed by atoms with Crippen LogP contribution >= 0.6 is 15.6 Å². The predicted molar refractivity (Wildman–Crippen MR) is 27.1 cm³/mol. The molecule has 0 saturated carbocycles. The molecule has 13 heavy (non-hydrogen) atoms. The van der Waals surface area contributed by atoms with E-state index in [0.29, 0.717) is 0 Å². The molecule has 0 aliphatic carbocycles. The number of hydrogen-bond donors (Lipinski definition) is 0. The molecular formula is H6CuO10P2-4. The van der Waals surface area contributed by atoms with E-state index in [1.165, 1.54) is 0 Å². The molecule has 0 fully saturated rings. The summed E-state index contributed by atoms with van der Waals surface area (Å²) in [6, 6.07) is 0. The van der Waals surface area contributed by atoms with E-state index in [-0.39, 0.29) is 33.5 Å². The molecule has 0 spiro atoms. The maximum Gasteiger partial charge on any atom is 0.0655 e. The molecule has 0 aromatic rings. The normalized spacial score (nSPS) is 9.54. The Kier molecular flexibility index (Phi) is 20.7. The summed E-state index contributed by atoms with van der Waals surface area (Å²) in [7, 11) is -11.4. The summed E-state index contributed by atoms with van der Waals surface area (Å²) >= 11 is 0. The topological polar surface area (TPSA) is 230 Å². The largest absolute Gasteiger partial charge is 0.790 e. The molecule has 13 heteroatoms. The molecule has 0 unspecified atom stereocenters. The second kappa shape index (κ2) is 9.22. The Balaban J connectivity index is -0.0000000533. The van der Waals surface area contributed by atoms with Gasteiger partial charge in [0, 0.05) is 17.1 Å². The molecule has 0 aromatic carbocycles. The van der Waals surface area contributed by atoms with Gasteiger partial charge in [-0.25, -0.2) is 0 Å². The van der Waals surface area contributed by atoms with Gasteiger partial charge in [-0.2, -0.15) is 0 Å². The van der Waals surface area contributed by atoms with Crippen molar-refractivity contribution in [3.8, 4) is 0 Å². The quantitative estimate of drug-likeness (QED) is 0.352. The molecule has 91 valence electrons. The zero-order valence-corrected chi connectivity index (χ0v) is 8.28. The molecular weight excluding hydrogens is 285 g/mol. The summed E-state index contributed by atoms with van der Waals surface area (Å²) < 4.78 is 21.2. The number of hydrogen-bond acceptors (Lipinski definition) is 7. The maximum absolute atomic E-state index is 9.32. The molecule has 0 aromatic heterocycles. The monoisotopic (exact) mass is 291 g/mol. The summed E-state index contributed by atoms with van der Waals surface area (Å²) in [5, 5.41) is 0. The van der Waals surface area contributed by atoms with Crippen molar-refractivity contribution in [1.82, 2.24) is 0 Å². The SMILES string of the molecule is O.O.O.O=P([O-])([O-])OP(=O)([O-])[O-].[Cu]. The van der Waals surface area contributed by atoms with Gasteiger partial charge < -0.3 is 49.4 Å². The minimum absolute atomic E-state index is 0. The average Bonchev–Trinajstić information content (AvgIpc) is 1.14. The van der Waals surface area contributed by atoms with Crippen molar-refractivity contribution < 1.29 is 66.5 Å². The first-order valence-corrected chi connectivity index (χ1v) is 4.38. The van der Waals surface area contributed by atoms with Gasteiger partial charge >= 0.3 is 0 Å². The Morgan fingerprint density at radius 3 is 0.923 bits per heavy atom. The Bertz CT molecular complexity index is 153. The molecule has 1 radical (unpaired) electrons. The van der Waals surface area contributed by atoms with Crippen molar-refractivity contribution in [3.05, 3.63) is 0 Å². The van der Waals surface area contributed by atoms with E-state index in [4.69, 9.17) is 0 Å². The van der Waals surface area contributed by atoms with E-state index >= 15 is 0 Å². The fraction of sp³-hybridized carbons (Fsp3) is 0. The number of rotatable bonds is 2. The van der Waals surface area contributed by atoms with E-state index in [1.54, 1.807) is 0 Å². The fourth-order valence-corrected chi connectivity index (χ4v) is 1.10. The summed E-state index contributed by atoms with van der Waals surface area (Å²) in [4.78, 5) is 37.3. The first kappa shape index (κ1) is 29.2. The van der Waals surface area contributed by atoms with Gasteiger partial charge in [0.15, 0.2) is 0 Å². The van der Waals surface area contributed by atoms with Crippen molar-refractivity contribution >= 4 is 15.6 Å². The Morgan fingerprint density at radius 1 is 0.769 bits per heavy atom. The van der Waals surface area contributed by atoms with E-state index in [9.17, 15) is 28.7 Å². The van der Waals surface area contributed by atoms with Crippen LogP contribution in [-0.4, -0.2) is 16.4 Å². The molecule has 0 atom stereocenters. The van der Waals surface area contributed by atoms with Crippen LogP contribution in [0.25, 0.3) is 0 Å². The molecule has 6 N–H and O–H groups in total. The van der Waals surface area contributed by atoms with Gasteiger partial charge in [0.1, 0.15) is 0 Å². The summed E-state index contributed by atoms with van der Waals surface area (Å²) in [6.07, 6.45) is 0. The second-order valence-corrected chi connectivity index (χ2v) is 3.42. The van der Waals surface area contributed by atoms with Crippen molar-refractivity contribution in [1.29, 1.82) is 0 Å². The zero-order chi connectivity index (χ0) is 7.71. The maximum atomic E-state index is 9.32. The average molecular weight is 292 g/mol. The van der Waals surface area contributed by atoms with Gasteiger partial charge in [0.25, 0.3) is 0 Å². The van der Waals surface area contributed by atoms with Gasteiger partial charge in [-0.15, -0.1) is 0 Å². The van der Waals surface area contributed by atoms with Crippen LogP contribution in [0, 0.1) is 0 Å². The molecule has 0 bridgehead atoms. The van der Waals surface area contributed by atoms with Crippen LogP contribution in [0.3, 0.4) is 0 Å². The molecule has 0 saturated heterocycles. The summed E-state index contributed by atoms with van der Waals surface area (Å²) in [5.41, 5.74) is 0. The smallest absolute Gasteiger partial charge is 0.0655 e. The third-order valence-corrected chi connectivity index (χ3v) is 1.80. The standard InChI is InChI=1S/Cu.H4O7P2.3H2O/c;1-8(2,3)7-9(4,5)6;;;/h;(H2,1,2,3)(H2,4,5,6);3*1H2/p-4. The molecule has 0 aliphatic rings. The summed E-state index contributed by atoms with van der Waals surface area (Å²) in [5.74, 6) is 0. The zero-order valence-electron chi connectivity index (χ0n) is 5.55. The predicted octanol–water partition coefficient (Wildman–Crippen LogP) is -5.82. The third kappa shape index (κ3) is 32.4. The van der Waals surface area contributed by atoms with Gasteiger partial charge in [0.05, 0.1) is 15.6 Å². The van der Waals surface area contributed by atoms with Crippen LogP contribution in [0.1, 0.15) is 0 Å².